The lowest BCUT2D eigenvalue weighted by molar-refractivity contribution is 0.426. The van der Waals surface area contributed by atoms with Gasteiger partial charge in [0.15, 0.2) is 5.75 Å². The monoisotopic (exact) mass is 449 g/mol. The summed E-state index contributed by atoms with van der Waals surface area (Å²) in [6.45, 7) is 5.96. The molecule has 0 fully saturated rings. The van der Waals surface area contributed by atoms with Crippen molar-refractivity contribution in [3.05, 3.63) is 99.0 Å². The van der Waals surface area contributed by atoms with E-state index in [1.807, 2.05) is 45.1 Å². The van der Waals surface area contributed by atoms with Crippen LogP contribution < -0.4 is 21.3 Å². The first kappa shape index (κ1) is 22.9. The van der Waals surface area contributed by atoms with Crippen molar-refractivity contribution in [2.24, 2.45) is 0 Å². The van der Waals surface area contributed by atoms with E-state index >= 15 is 0 Å². The molecule has 32 heavy (non-hydrogen) atoms. The Morgan fingerprint density at radius 3 is 2.62 bits per heavy atom. The SMILES string of the molecule is CC/C(=C\C=C(/C)Oc1c#cc(C)nc1)Nc1ncc(N)c(=O)n1Cc1ccc(Cl)cc1. The Bertz CT molecular complexity index is 1180. The smallest absolute Gasteiger partial charge is 0.278 e. The Morgan fingerprint density at radius 2 is 1.97 bits per heavy atom. The zero-order chi connectivity index (χ0) is 23.1. The van der Waals surface area contributed by atoms with Gasteiger partial charge in [0.05, 0.1) is 24.6 Å². The zero-order valence-electron chi connectivity index (χ0n) is 18.1. The lowest BCUT2D eigenvalue weighted by Crippen LogP contribution is -2.27. The van der Waals surface area contributed by atoms with E-state index in [0.717, 1.165) is 17.0 Å². The quantitative estimate of drug-likeness (QED) is 0.388. The number of ether oxygens (including phenoxy) is 1. The lowest BCUT2D eigenvalue weighted by Gasteiger charge is -2.15. The summed E-state index contributed by atoms with van der Waals surface area (Å²) in [6.07, 6.45) is 7.32. The predicted molar refractivity (Wildman–Crippen MR) is 126 cm³/mol. The van der Waals surface area contributed by atoms with Crippen LogP contribution in [-0.2, 0) is 6.54 Å². The molecule has 0 bridgehead atoms. The minimum atomic E-state index is -0.318. The number of hydrogen-bond acceptors (Lipinski definition) is 6. The molecule has 0 aliphatic carbocycles. The molecular weight excluding hydrogens is 426 g/mol. The highest BCUT2D eigenvalue weighted by Gasteiger charge is 2.10. The number of nitrogen functional groups attached to an aromatic ring is 1. The van der Waals surface area contributed by atoms with Crippen molar-refractivity contribution < 1.29 is 4.74 Å². The highest BCUT2D eigenvalue weighted by molar-refractivity contribution is 6.30. The second kappa shape index (κ2) is 10.5. The average molecular weight is 450 g/mol. The van der Waals surface area contributed by atoms with Crippen LogP contribution >= 0.6 is 11.6 Å². The molecule has 3 rings (SSSR count). The molecule has 1 aromatic carbocycles. The van der Waals surface area contributed by atoms with Gasteiger partial charge in [-0.2, -0.15) is 0 Å². The fourth-order valence-corrected chi connectivity index (χ4v) is 2.89. The molecular formula is C24H24ClN5O2. The van der Waals surface area contributed by atoms with Gasteiger partial charge in [0.1, 0.15) is 11.4 Å². The fraction of sp³-hybridized carbons (Fsp3) is 0.208. The van der Waals surface area contributed by atoms with Gasteiger partial charge in [-0.1, -0.05) is 30.7 Å². The van der Waals surface area contributed by atoms with Gasteiger partial charge in [-0.25, -0.2) is 9.97 Å². The Hall–Kier alpha value is -3.76. The first-order valence-electron chi connectivity index (χ1n) is 10.0. The predicted octanol–water partition coefficient (Wildman–Crippen LogP) is 4.52. The Morgan fingerprint density at radius 1 is 1.22 bits per heavy atom. The minimum Gasteiger partial charge on any atom is -0.451 e. The number of nitrogens with two attached hydrogens (primary N) is 1. The Balaban J connectivity index is 1.82. The molecule has 164 valence electrons. The maximum Gasteiger partial charge on any atom is 0.278 e. The van der Waals surface area contributed by atoms with Crippen LogP contribution in [0.5, 0.6) is 5.75 Å². The standard InChI is InChI=1S/C24H24ClN5O2/c1-4-20(11-6-17(3)32-21-12-5-16(2)27-13-21)29-24-28-14-22(26)23(31)30(24)15-18-7-9-19(25)10-8-18/h6-11,13-14H,4,15,26H2,1-3H3,(H,28,29)/b17-6+,20-11+. The van der Waals surface area contributed by atoms with E-state index in [0.29, 0.717) is 35.4 Å². The number of benzene rings is 1. The number of aryl methyl sites for hydroxylation is 1. The third kappa shape index (κ3) is 6.13. The van der Waals surface area contributed by atoms with Crippen LogP contribution in [0.1, 0.15) is 31.5 Å². The molecule has 0 aliphatic heterocycles. The maximum atomic E-state index is 12.7. The Labute approximate surface area is 192 Å². The van der Waals surface area contributed by atoms with Crippen molar-refractivity contribution in [1.29, 1.82) is 0 Å². The van der Waals surface area contributed by atoms with Gasteiger partial charge in [0.25, 0.3) is 5.56 Å². The molecule has 0 atom stereocenters. The zero-order valence-corrected chi connectivity index (χ0v) is 18.9. The molecule has 0 unspecified atom stereocenters. The maximum absolute atomic E-state index is 12.7. The van der Waals surface area contributed by atoms with Crippen molar-refractivity contribution >= 4 is 23.2 Å². The summed E-state index contributed by atoms with van der Waals surface area (Å²) in [5, 5.41) is 3.86. The van der Waals surface area contributed by atoms with E-state index < -0.39 is 0 Å². The van der Waals surface area contributed by atoms with E-state index in [9.17, 15) is 4.79 Å². The number of hydrogen-bond donors (Lipinski definition) is 2. The van der Waals surface area contributed by atoms with E-state index in [-0.39, 0.29) is 11.2 Å². The molecule has 0 aliphatic rings. The van der Waals surface area contributed by atoms with Crippen LogP contribution in [0.2, 0.25) is 5.02 Å². The van der Waals surface area contributed by atoms with Crippen LogP contribution in [0.15, 0.2) is 65.1 Å². The lowest BCUT2D eigenvalue weighted by atomic mass is 10.2. The molecule has 0 saturated heterocycles. The first-order chi connectivity index (χ1) is 15.4. The van der Waals surface area contributed by atoms with Gasteiger partial charge >= 0.3 is 0 Å². The second-order valence-electron chi connectivity index (χ2n) is 7.06. The largest absolute Gasteiger partial charge is 0.451 e. The van der Waals surface area contributed by atoms with Gasteiger partial charge in [-0.05, 0) is 62.2 Å². The summed E-state index contributed by atoms with van der Waals surface area (Å²) in [6, 6.07) is 13.0. The number of anilines is 2. The van der Waals surface area contributed by atoms with Crippen LogP contribution in [0.4, 0.5) is 11.6 Å². The van der Waals surface area contributed by atoms with E-state index in [2.05, 4.69) is 27.4 Å². The minimum absolute atomic E-state index is 0.0791. The molecule has 0 amide bonds. The average Bonchev–Trinajstić information content (AvgIpc) is 2.78. The van der Waals surface area contributed by atoms with Gasteiger partial charge in [-0.15, -0.1) is 0 Å². The molecule has 0 spiro atoms. The summed E-state index contributed by atoms with van der Waals surface area (Å²) >= 11 is 5.96. The number of nitrogens with one attached hydrogen (secondary N) is 1. The van der Waals surface area contributed by atoms with Gasteiger partial charge in [-0.3, -0.25) is 9.36 Å². The number of rotatable bonds is 8. The van der Waals surface area contributed by atoms with Crippen molar-refractivity contribution in [1.82, 2.24) is 14.5 Å². The number of aromatic nitrogens is 3. The first-order valence-corrected chi connectivity index (χ1v) is 10.4. The number of nitrogens with zero attached hydrogens (tertiary/aromatic N) is 3. The summed E-state index contributed by atoms with van der Waals surface area (Å²) in [5.74, 6) is 1.53. The van der Waals surface area contributed by atoms with Gasteiger partial charge < -0.3 is 15.8 Å². The number of allylic oxidation sites excluding steroid dienone is 4. The highest BCUT2D eigenvalue weighted by Crippen LogP contribution is 2.15. The summed E-state index contributed by atoms with van der Waals surface area (Å²) in [7, 11) is 0. The molecule has 8 heteroatoms. The summed E-state index contributed by atoms with van der Waals surface area (Å²) < 4.78 is 7.20. The number of halogens is 1. The van der Waals surface area contributed by atoms with Crippen LogP contribution in [0.3, 0.4) is 0 Å². The van der Waals surface area contributed by atoms with Crippen molar-refractivity contribution in [2.45, 2.75) is 33.7 Å². The third-order valence-electron chi connectivity index (χ3n) is 4.51. The van der Waals surface area contributed by atoms with Gasteiger partial charge in [0.2, 0.25) is 5.95 Å². The summed E-state index contributed by atoms with van der Waals surface area (Å²) in [4.78, 5) is 21.2. The molecule has 0 radical (unpaired) electrons. The van der Waals surface area contributed by atoms with Crippen molar-refractivity contribution in [3.8, 4) is 5.75 Å². The third-order valence-corrected chi connectivity index (χ3v) is 4.77. The summed E-state index contributed by atoms with van der Waals surface area (Å²) in [5.41, 5.74) is 8.06. The second-order valence-corrected chi connectivity index (χ2v) is 7.50. The van der Waals surface area contributed by atoms with Crippen molar-refractivity contribution in [2.75, 3.05) is 11.1 Å². The molecule has 0 saturated carbocycles. The van der Waals surface area contributed by atoms with E-state index in [1.54, 1.807) is 18.3 Å². The fourth-order valence-electron chi connectivity index (χ4n) is 2.77. The molecule has 2 heterocycles. The Kier molecular flexibility index (Phi) is 7.53. The highest BCUT2D eigenvalue weighted by atomic mass is 35.5. The van der Waals surface area contributed by atoms with Crippen LogP contribution in [0.25, 0.3) is 0 Å². The van der Waals surface area contributed by atoms with E-state index in [1.165, 1.54) is 10.8 Å². The van der Waals surface area contributed by atoms with E-state index in [4.69, 9.17) is 22.1 Å². The molecule has 3 aromatic rings. The molecule has 3 N–H and O–H groups in total. The van der Waals surface area contributed by atoms with Crippen LogP contribution in [0, 0.1) is 19.1 Å². The van der Waals surface area contributed by atoms with Crippen molar-refractivity contribution in [3.63, 3.8) is 0 Å². The van der Waals surface area contributed by atoms with Crippen LogP contribution in [-0.4, -0.2) is 14.5 Å². The topological polar surface area (TPSA) is 95.1 Å². The molecule has 7 nitrogen and oxygen atoms in total. The van der Waals surface area contributed by atoms with Gasteiger partial charge in [0, 0.05) is 10.7 Å². The normalized spacial score (nSPS) is 11.8. The molecule has 2 aromatic heterocycles.